The van der Waals surface area contributed by atoms with Gasteiger partial charge in [-0.1, -0.05) is 17.7 Å². The van der Waals surface area contributed by atoms with Crippen molar-refractivity contribution in [2.24, 2.45) is 0 Å². The fraction of sp³-hybridized carbons (Fsp3) is 0.536. The minimum Gasteiger partial charge on any atom is -0.487 e. The Morgan fingerprint density at radius 3 is 2.27 bits per heavy atom. The van der Waals surface area contributed by atoms with Gasteiger partial charge in [0.15, 0.2) is 5.82 Å². The third-order valence-electron chi connectivity index (χ3n) is 6.26. The summed E-state index contributed by atoms with van der Waals surface area (Å²) in [5.41, 5.74) is 1.83. The van der Waals surface area contributed by atoms with E-state index in [9.17, 15) is 9.59 Å². The molecule has 0 spiro atoms. The molecule has 1 saturated heterocycles. The molecule has 1 aromatic heterocycles. The second-order valence-corrected chi connectivity index (χ2v) is 12.0. The van der Waals surface area contributed by atoms with E-state index in [0.29, 0.717) is 40.9 Å². The van der Waals surface area contributed by atoms with Crippen molar-refractivity contribution in [2.45, 2.75) is 85.0 Å². The van der Waals surface area contributed by atoms with Gasteiger partial charge in [-0.15, -0.1) is 0 Å². The first-order chi connectivity index (χ1) is 17.2. The highest BCUT2D eigenvalue weighted by molar-refractivity contribution is 6.32. The van der Waals surface area contributed by atoms with Crippen molar-refractivity contribution in [1.82, 2.24) is 9.88 Å². The van der Waals surface area contributed by atoms with Gasteiger partial charge < -0.3 is 19.1 Å². The fourth-order valence-electron chi connectivity index (χ4n) is 4.51. The third-order valence-corrected chi connectivity index (χ3v) is 6.79. The topological polar surface area (TPSA) is 81.2 Å². The largest absolute Gasteiger partial charge is 0.487 e. The zero-order valence-electron chi connectivity index (χ0n) is 22.7. The van der Waals surface area contributed by atoms with Crippen molar-refractivity contribution in [1.29, 1.82) is 0 Å². The summed E-state index contributed by atoms with van der Waals surface area (Å²) >= 11 is 6.62. The van der Waals surface area contributed by atoms with Crippen LogP contribution in [0.1, 0.15) is 77.0 Å². The number of halogens is 1. The average molecular weight is 530 g/mol. The van der Waals surface area contributed by atoms with Crippen LogP contribution in [0.15, 0.2) is 24.4 Å². The molecular formula is C28H36ClN3O5. The standard InChI is InChI=1S/C28H36ClN3O5/c1-17-15-30-24-20(23(17)29)16-35-22-9-8-19(14-21(22)32(24)26(34)37-28(5,6)7)18-10-12-31(13-11-18)25(33)36-27(2,3)4/h8-9,14-15,18H,10-13,16H2,1-7H3. The van der Waals surface area contributed by atoms with E-state index in [0.717, 1.165) is 24.0 Å². The molecule has 200 valence electrons. The summed E-state index contributed by atoms with van der Waals surface area (Å²) in [7, 11) is 0. The fourth-order valence-corrected chi connectivity index (χ4v) is 4.70. The Kier molecular flexibility index (Phi) is 7.34. The molecule has 0 N–H and O–H groups in total. The van der Waals surface area contributed by atoms with Crippen LogP contribution in [0.5, 0.6) is 5.75 Å². The zero-order chi connectivity index (χ0) is 27.1. The first-order valence-corrected chi connectivity index (χ1v) is 13.0. The molecule has 1 aromatic carbocycles. The Morgan fingerprint density at radius 1 is 1.03 bits per heavy atom. The number of nitrogens with zero attached hydrogens (tertiary/aromatic N) is 3. The lowest BCUT2D eigenvalue weighted by Gasteiger charge is -2.34. The summed E-state index contributed by atoms with van der Waals surface area (Å²) < 4.78 is 17.4. The predicted molar refractivity (Wildman–Crippen MR) is 143 cm³/mol. The van der Waals surface area contributed by atoms with E-state index < -0.39 is 17.3 Å². The van der Waals surface area contributed by atoms with Crippen LogP contribution in [0.4, 0.5) is 21.1 Å². The number of aromatic nitrogens is 1. The molecule has 0 atom stereocenters. The summed E-state index contributed by atoms with van der Waals surface area (Å²) in [5, 5.41) is 0.515. The molecule has 0 radical (unpaired) electrons. The maximum Gasteiger partial charge on any atom is 0.420 e. The summed E-state index contributed by atoms with van der Waals surface area (Å²) in [4.78, 5) is 33.8. The first-order valence-electron chi connectivity index (χ1n) is 12.7. The van der Waals surface area contributed by atoms with E-state index in [1.54, 1.807) is 11.1 Å². The minimum atomic E-state index is -0.703. The van der Waals surface area contributed by atoms with Gasteiger partial charge in [0, 0.05) is 19.3 Å². The highest BCUT2D eigenvalue weighted by atomic mass is 35.5. The molecule has 2 amide bonds. The van der Waals surface area contributed by atoms with Crippen molar-refractivity contribution >= 4 is 35.3 Å². The first kappa shape index (κ1) is 27.0. The van der Waals surface area contributed by atoms with Gasteiger partial charge >= 0.3 is 12.2 Å². The normalized spacial score (nSPS) is 16.3. The Hall–Kier alpha value is -3.00. The Balaban J connectivity index is 1.65. The van der Waals surface area contributed by atoms with E-state index in [2.05, 4.69) is 4.98 Å². The van der Waals surface area contributed by atoms with E-state index in [4.69, 9.17) is 25.8 Å². The van der Waals surface area contributed by atoms with E-state index in [-0.39, 0.29) is 18.6 Å². The quantitative estimate of drug-likeness (QED) is 0.391. The van der Waals surface area contributed by atoms with Crippen LogP contribution >= 0.6 is 11.6 Å². The van der Waals surface area contributed by atoms with Crippen molar-refractivity contribution in [3.8, 4) is 5.75 Å². The number of hydrogen-bond donors (Lipinski definition) is 0. The van der Waals surface area contributed by atoms with Gasteiger partial charge in [-0.2, -0.15) is 0 Å². The maximum absolute atomic E-state index is 13.5. The van der Waals surface area contributed by atoms with Crippen molar-refractivity contribution in [3.05, 3.63) is 46.1 Å². The van der Waals surface area contributed by atoms with Gasteiger partial charge in [-0.05, 0) is 90.5 Å². The summed E-state index contributed by atoms with van der Waals surface area (Å²) in [6.07, 6.45) is 2.38. The molecule has 1 fully saturated rings. The van der Waals surface area contributed by atoms with E-state index >= 15 is 0 Å². The lowest BCUT2D eigenvalue weighted by Crippen LogP contribution is -2.41. The second-order valence-electron chi connectivity index (χ2n) is 11.6. The molecule has 37 heavy (non-hydrogen) atoms. The van der Waals surface area contributed by atoms with E-state index in [1.165, 1.54) is 4.90 Å². The predicted octanol–water partition coefficient (Wildman–Crippen LogP) is 7.12. The highest BCUT2D eigenvalue weighted by Gasteiger charge is 2.34. The second kappa shape index (κ2) is 10.0. The third kappa shape index (κ3) is 6.12. The van der Waals surface area contributed by atoms with Gasteiger partial charge in [-0.3, -0.25) is 0 Å². The summed E-state index contributed by atoms with van der Waals surface area (Å²) in [5.74, 6) is 1.16. The molecule has 0 saturated carbocycles. The van der Waals surface area contributed by atoms with Crippen LogP contribution in [0.2, 0.25) is 5.02 Å². The zero-order valence-corrected chi connectivity index (χ0v) is 23.4. The van der Waals surface area contributed by atoms with Gasteiger partial charge in [0.1, 0.15) is 23.6 Å². The number of anilines is 2. The van der Waals surface area contributed by atoms with Crippen molar-refractivity contribution < 1.29 is 23.8 Å². The molecule has 0 unspecified atom stereocenters. The molecule has 2 aliphatic heterocycles. The Morgan fingerprint density at radius 2 is 1.65 bits per heavy atom. The minimum absolute atomic E-state index is 0.183. The maximum atomic E-state index is 13.5. The lowest BCUT2D eigenvalue weighted by atomic mass is 9.89. The van der Waals surface area contributed by atoms with Crippen LogP contribution in [0.3, 0.4) is 0 Å². The number of amides is 2. The number of piperidine rings is 1. The molecule has 2 aliphatic rings. The lowest BCUT2D eigenvalue weighted by molar-refractivity contribution is 0.0204. The molecule has 3 heterocycles. The number of ether oxygens (including phenoxy) is 3. The molecule has 8 nitrogen and oxygen atoms in total. The van der Waals surface area contributed by atoms with Crippen LogP contribution in [0, 0.1) is 6.92 Å². The van der Waals surface area contributed by atoms with Crippen LogP contribution < -0.4 is 9.64 Å². The summed E-state index contributed by atoms with van der Waals surface area (Å²) in [6.45, 7) is 14.3. The van der Waals surface area contributed by atoms with Gasteiger partial charge in [0.25, 0.3) is 0 Å². The number of benzene rings is 1. The SMILES string of the molecule is Cc1cnc2c(c1Cl)COc1ccc(C3CCN(C(=O)OC(C)(C)C)CC3)cc1N2C(=O)OC(C)(C)C. The molecule has 4 rings (SSSR count). The number of hydrogen-bond acceptors (Lipinski definition) is 6. The highest BCUT2D eigenvalue weighted by Crippen LogP contribution is 2.44. The number of pyridine rings is 1. The van der Waals surface area contributed by atoms with Gasteiger partial charge in [0.2, 0.25) is 0 Å². The van der Waals surface area contributed by atoms with Gasteiger partial charge in [-0.25, -0.2) is 19.5 Å². The average Bonchev–Trinajstić information content (AvgIpc) is 2.96. The van der Waals surface area contributed by atoms with Gasteiger partial charge in [0.05, 0.1) is 16.3 Å². The number of aryl methyl sites for hydroxylation is 1. The Bertz CT molecular complexity index is 1190. The molecule has 9 heteroatoms. The van der Waals surface area contributed by atoms with Crippen molar-refractivity contribution in [2.75, 3.05) is 18.0 Å². The monoisotopic (exact) mass is 529 g/mol. The number of fused-ring (bicyclic) bond motifs is 2. The smallest absolute Gasteiger partial charge is 0.420 e. The number of likely N-dealkylation sites (tertiary alicyclic amines) is 1. The molecule has 0 aliphatic carbocycles. The van der Waals surface area contributed by atoms with Crippen LogP contribution in [-0.2, 0) is 16.1 Å². The number of carbonyl (C=O) groups is 2. The van der Waals surface area contributed by atoms with E-state index in [1.807, 2.05) is 66.7 Å². The summed E-state index contributed by atoms with van der Waals surface area (Å²) in [6, 6.07) is 5.88. The number of carbonyl (C=O) groups excluding carboxylic acids is 2. The molecular weight excluding hydrogens is 494 g/mol. The Labute approximate surface area is 223 Å². The van der Waals surface area contributed by atoms with Crippen molar-refractivity contribution in [3.63, 3.8) is 0 Å². The van der Waals surface area contributed by atoms with Crippen LogP contribution in [0.25, 0.3) is 0 Å². The van der Waals surface area contributed by atoms with Crippen LogP contribution in [-0.4, -0.2) is 46.4 Å². The molecule has 2 aromatic rings. The number of rotatable bonds is 1. The molecule has 0 bridgehead atoms.